The van der Waals surface area contributed by atoms with Gasteiger partial charge in [-0.05, 0) is 39.7 Å². The zero-order valence-corrected chi connectivity index (χ0v) is 14.8. The van der Waals surface area contributed by atoms with Crippen molar-refractivity contribution < 1.29 is 4.74 Å². The van der Waals surface area contributed by atoms with Crippen molar-refractivity contribution in [3.8, 4) is 0 Å². The van der Waals surface area contributed by atoms with Crippen molar-refractivity contribution in [2.45, 2.75) is 104 Å². The molecular formula is C18H39NO. The Balaban J connectivity index is 4.18. The number of unbranched alkanes of at least 4 members (excludes halogenated alkanes) is 5. The van der Waals surface area contributed by atoms with Gasteiger partial charge in [-0.3, -0.25) is 0 Å². The van der Waals surface area contributed by atoms with E-state index in [-0.39, 0.29) is 5.60 Å². The first kappa shape index (κ1) is 19.9. The van der Waals surface area contributed by atoms with Crippen LogP contribution in [-0.4, -0.2) is 24.8 Å². The second kappa shape index (κ2) is 12.6. The summed E-state index contributed by atoms with van der Waals surface area (Å²) >= 11 is 0. The van der Waals surface area contributed by atoms with Crippen LogP contribution in [0.5, 0.6) is 0 Å². The summed E-state index contributed by atoms with van der Waals surface area (Å²) in [7, 11) is 0. The first-order valence-corrected chi connectivity index (χ1v) is 9.01. The van der Waals surface area contributed by atoms with Crippen LogP contribution >= 0.6 is 0 Å². The van der Waals surface area contributed by atoms with Crippen LogP contribution in [0.2, 0.25) is 0 Å². The van der Waals surface area contributed by atoms with Gasteiger partial charge >= 0.3 is 0 Å². The van der Waals surface area contributed by atoms with E-state index >= 15 is 0 Å². The lowest BCUT2D eigenvalue weighted by atomic mass is 9.88. The van der Waals surface area contributed by atoms with E-state index in [0.29, 0.717) is 6.04 Å². The summed E-state index contributed by atoms with van der Waals surface area (Å²) < 4.78 is 6.07. The molecule has 20 heavy (non-hydrogen) atoms. The zero-order chi connectivity index (χ0) is 15.3. The predicted molar refractivity (Wildman–Crippen MR) is 90.4 cm³/mol. The quantitative estimate of drug-likeness (QED) is 0.437. The molecule has 0 radical (unpaired) electrons. The minimum atomic E-state index is -0.00661. The van der Waals surface area contributed by atoms with Crippen molar-refractivity contribution >= 4 is 0 Å². The van der Waals surface area contributed by atoms with Gasteiger partial charge in [-0.15, -0.1) is 0 Å². The molecule has 2 heteroatoms. The van der Waals surface area contributed by atoms with Crippen molar-refractivity contribution in [1.29, 1.82) is 0 Å². The third-order valence-corrected chi connectivity index (χ3v) is 4.40. The molecule has 122 valence electrons. The minimum absolute atomic E-state index is 0.00661. The molecular weight excluding hydrogens is 246 g/mol. The molecule has 0 aliphatic heterocycles. The highest BCUT2D eigenvalue weighted by atomic mass is 16.5. The number of rotatable bonds is 14. The summed E-state index contributed by atoms with van der Waals surface area (Å²) in [5, 5.41) is 3.72. The van der Waals surface area contributed by atoms with E-state index in [1.54, 1.807) is 0 Å². The van der Waals surface area contributed by atoms with Gasteiger partial charge in [-0.1, -0.05) is 59.3 Å². The van der Waals surface area contributed by atoms with Gasteiger partial charge in [0.25, 0.3) is 0 Å². The first-order valence-electron chi connectivity index (χ1n) is 9.01. The summed E-state index contributed by atoms with van der Waals surface area (Å²) in [4.78, 5) is 0. The number of ether oxygens (including phenoxy) is 1. The second-order valence-corrected chi connectivity index (χ2v) is 6.16. The van der Waals surface area contributed by atoms with Gasteiger partial charge in [0.15, 0.2) is 0 Å². The van der Waals surface area contributed by atoms with Crippen molar-refractivity contribution in [1.82, 2.24) is 5.32 Å². The van der Waals surface area contributed by atoms with E-state index in [4.69, 9.17) is 4.74 Å². The van der Waals surface area contributed by atoms with Gasteiger partial charge in [0.05, 0.1) is 5.60 Å². The molecule has 0 aromatic heterocycles. The van der Waals surface area contributed by atoms with Crippen LogP contribution in [0.15, 0.2) is 0 Å². The number of hydrogen-bond acceptors (Lipinski definition) is 2. The van der Waals surface area contributed by atoms with Gasteiger partial charge in [0.1, 0.15) is 0 Å². The molecule has 0 fully saturated rings. The van der Waals surface area contributed by atoms with Gasteiger partial charge in [-0.25, -0.2) is 0 Å². The Morgan fingerprint density at radius 2 is 1.55 bits per heavy atom. The maximum absolute atomic E-state index is 6.07. The molecule has 0 rings (SSSR count). The van der Waals surface area contributed by atoms with E-state index in [1.165, 1.54) is 51.4 Å². The maximum atomic E-state index is 6.07. The van der Waals surface area contributed by atoms with E-state index < -0.39 is 0 Å². The zero-order valence-electron chi connectivity index (χ0n) is 14.8. The molecule has 2 unspecified atom stereocenters. The Labute approximate surface area is 128 Å². The lowest BCUT2D eigenvalue weighted by Gasteiger charge is -2.37. The van der Waals surface area contributed by atoms with E-state index in [2.05, 4.69) is 39.9 Å². The molecule has 0 aromatic rings. The predicted octanol–water partition coefficient (Wildman–Crippen LogP) is 5.31. The van der Waals surface area contributed by atoms with Gasteiger partial charge < -0.3 is 10.1 Å². The van der Waals surface area contributed by atoms with Crippen LogP contribution in [0.4, 0.5) is 0 Å². The fourth-order valence-electron chi connectivity index (χ4n) is 2.85. The molecule has 2 atom stereocenters. The summed E-state index contributed by atoms with van der Waals surface area (Å²) in [6, 6.07) is 0.499. The number of nitrogens with one attached hydrogen (secondary N) is 1. The van der Waals surface area contributed by atoms with Crippen LogP contribution in [0, 0.1) is 0 Å². The molecule has 0 aliphatic carbocycles. The summed E-state index contributed by atoms with van der Waals surface area (Å²) in [6.45, 7) is 13.1. The molecule has 0 saturated heterocycles. The van der Waals surface area contributed by atoms with Crippen molar-refractivity contribution in [2.75, 3.05) is 13.2 Å². The van der Waals surface area contributed by atoms with Gasteiger partial charge in [-0.2, -0.15) is 0 Å². The molecule has 0 spiro atoms. The fourth-order valence-corrected chi connectivity index (χ4v) is 2.85. The van der Waals surface area contributed by atoms with Crippen molar-refractivity contribution in [3.05, 3.63) is 0 Å². The van der Waals surface area contributed by atoms with Crippen LogP contribution in [0.1, 0.15) is 92.4 Å². The topological polar surface area (TPSA) is 21.3 Å². The van der Waals surface area contributed by atoms with Crippen LogP contribution < -0.4 is 5.32 Å². The Morgan fingerprint density at radius 3 is 2.10 bits per heavy atom. The minimum Gasteiger partial charge on any atom is -0.374 e. The molecule has 1 N–H and O–H groups in total. The molecule has 0 heterocycles. The monoisotopic (exact) mass is 285 g/mol. The highest BCUT2D eigenvalue weighted by molar-refractivity contribution is 4.88. The van der Waals surface area contributed by atoms with Crippen molar-refractivity contribution in [3.63, 3.8) is 0 Å². The average Bonchev–Trinajstić information content (AvgIpc) is 2.45. The Hall–Kier alpha value is -0.0800. The molecule has 0 aliphatic rings. The molecule has 0 amide bonds. The van der Waals surface area contributed by atoms with Gasteiger partial charge in [0.2, 0.25) is 0 Å². The Kier molecular flexibility index (Phi) is 12.6. The van der Waals surface area contributed by atoms with Crippen LogP contribution in [-0.2, 0) is 4.74 Å². The summed E-state index contributed by atoms with van der Waals surface area (Å²) in [6.07, 6.45) is 11.7. The van der Waals surface area contributed by atoms with Gasteiger partial charge in [0, 0.05) is 12.6 Å². The third-order valence-electron chi connectivity index (χ3n) is 4.40. The number of hydrogen-bond donors (Lipinski definition) is 1. The van der Waals surface area contributed by atoms with E-state index in [0.717, 1.165) is 19.6 Å². The Bertz CT molecular complexity index is 208. The van der Waals surface area contributed by atoms with Crippen LogP contribution in [0.3, 0.4) is 0 Å². The average molecular weight is 286 g/mol. The maximum Gasteiger partial charge on any atom is 0.0803 e. The largest absolute Gasteiger partial charge is 0.374 e. The lowest BCUT2D eigenvalue weighted by Crippen LogP contribution is -2.50. The highest BCUT2D eigenvalue weighted by Gasteiger charge is 2.32. The lowest BCUT2D eigenvalue weighted by molar-refractivity contribution is -0.0574. The summed E-state index contributed by atoms with van der Waals surface area (Å²) in [5.74, 6) is 0. The summed E-state index contributed by atoms with van der Waals surface area (Å²) in [5.41, 5.74) is -0.00661. The molecule has 0 aromatic carbocycles. The van der Waals surface area contributed by atoms with E-state index in [9.17, 15) is 0 Å². The molecule has 2 nitrogen and oxygen atoms in total. The SMILES string of the molecule is CCCCCCCCC(NCCC)C(C)(CC)OCC. The second-order valence-electron chi connectivity index (χ2n) is 6.16. The smallest absolute Gasteiger partial charge is 0.0803 e. The van der Waals surface area contributed by atoms with Crippen molar-refractivity contribution in [2.24, 2.45) is 0 Å². The van der Waals surface area contributed by atoms with Crippen LogP contribution in [0.25, 0.3) is 0 Å². The standard InChI is InChI=1S/C18H39NO/c1-6-10-11-12-13-14-15-17(19-16-7-2)18(5,8-3)20-9-4/h17,19H,6-16H2,1-5H3. The fraction of sp³-hybridized carbons (Fsp3) is 1.00. The first-order chi connectivity index (χ1) is 9.64. The molecule has 0 saturated carbocycles. The van der Waals surface area contributed by atoms with E-state index in [1.807, 2.05) is 0 Å². The highest BCUT2D eigenvalue weighted by Crippen LogP contribution is 2.24. The Morgan fingerprint density at radius 1 is 0.900 bits per heavy atom. The third kappa shape index (κ3) is 8.26. The molecule has 0 bridgehead atoms. The normalized spacial score (nSPS) is 16.1.